The number of nitrogens with zero attached hydrogens (tertiary/aromatic N) is 2. The lowest BCUT2D eigenvalue weighted by molar-refractivity contribution is 0.0950. The maximum Gasteiger partial charge on any atom is 0.251 e. The Kier molecular flexibility index (Phi) is 4.94. The number of carbonyl (C=O) groups excluding carboxylic acids is 1. The number of thiazole rings is 1. The molecule has 1 amide bonds. The Hall–Kier alpha value is -2.29. The number of benzene rings is 2. The van der Waals surface area contributed by atoms with E-state index in [0.29, 0.717) is 25.2 Å². The van der Waals surface area contributed by atoms with Crippen molar-refractivity contribution in [3.05, 3.63) is 59.1 Å². The van der Waals surface area contributed by atoms with Crippen LogP contribution in [0.4, 0.5) is 0 Å². The molecule has 0 bridgehead atoms. The highest BCUT2D eigenvalue weighted by Gasteiger charge is 2.27. The van der Waals surface area contributed by atoms with Crippen LogP contribution in [0.5, 0.6) is 0 Å². The number of amides is 1. The average molecular weight is 402 g/mol. The molecule has 8 heteroatoms. The van der Waals surface area contributed by atoms with Gasteiger partial charge in [0, 0.05) is 18.7 Å². The topological polar surface area (TPSA) is 79.4 Å². The predicted molar refractivity (Wildman–Crippen MR) is 105 cm³/mol. The lowest BCUT2D eigenvalue weighted by Gasteiger charge is -2.15. The Balaban J connectivity index is 1.48. The Morgan fingerprint density at radius 3 is 2.67 bits per heavy atom. The minimum atomic E-state index is -3.54. The van der Waals surface area contributed by atoms with Gasteiger partial charge in [0.1, 0.15) is 5.01 Å². The molecule has 2 aromatic carbocycles. The summed E-state index contributed by atoms with van der Waals surface area (Å²) in [6.45, 7) is 1.38. The Morgan fingerprint density at radius 2 is 1.89 bits per heavy atom. The molecule has 3 aromatic rings. The van der Waals surface area contributed by atoms with Gasteiger partial charge in [0.2, 0.25) is 10.0 Å². The molecule has 1 aromatic heterocycles. The molecule has 1 aliphatic rings. The highest BCUT2D eigenvalue weighted by atomic mass is 32.2. The summed E-state index contributed by atoms with van der Waals surface area (Å²) in [4.78, 5) is 17.1. The quantitative estimate of drug-likeness (QED) is 0.713. The number of sulfonamides is 1. The van der Waals surface area contributed by atoms with Crippen molar-refractivity contribution in [3.8, 4) is 0 Å². The molecule has 0 unspecified atom stereocenters. The van der Waals surface area contributed by atoms with Crippen molar-refractivity contribution < 1.29 is 13.2 Å². The van der Waals surface area contributed by atoms with Crippen LogP contribution in [-0.2, 0) is 16.6 Å². The van der Waals surface area contributed by atoms with Crippen molar-refractivity contribution in [1.29, 1.82) is 0 Å². The molecular formula is C19H19N3O3S2. The van der Waals surface area contributed by atoms with Gasteiger partial charge in [-0.15, -0.1) is 11.3 Å². The fourth-order valence-electron chi connectivity index (χ4n) is 3.13. The maximum absolute atomic E-state index is 12.7. The Bertz CT molecular complexity index is 1050. The molecule has 27 heavy (non-hydrogen) atoms. The number of fused-ring (bicyclic) bond motifs is 1. The average Bonchev–Trinajstić information content (AvgIpc) is 3.36. The molecule has 1 saturated heterocycles. The lowest BCUT2D eigenvalue weighted by atomic mass is 10.2. The van der Waals surface area contributed by atoms with Gasteiger partial charge in [-0.25, -0.2) is 13.4 Å². The molecule has 1 aliphatic heterocycles. The van der Waals surface area contributed by atoms with Crippen molar-refractivity contribution in [2.24, 2.45) is 0 Å². The first-order valence-corrected chi connectivity index (χ1v) is 11.0. The number of hydrogen-bond donors (Lipinski definition) is 1. The maximum atomic E-state index is 12.7. The summed E-state index contributed by atoms with van der Waals surface area (Å²) in [6, 6.07) is 14.0. The molecule has 0 aliphatic carbocycles. The van der Waals surface area contributed by atoms with E-state index in [1.54, 1.807) is 12.1 Å². The predicted octanol–water partition coefficient (Wildman–Crippen LogP) is 3.01. The van der Waals surface area contributed by atoms with E-state index in [-0.39, 0.29) is 10.8 Å². The summed E-state index contributed by atoms with van der Waals surface area (Å²) in [7, 11) is -3.54. The molecular weight excluding hydrogens is 382 g/mol. The van der Waals surface area contributed by atoms with Gasteiger partial charge in [-0.05, 0) is 43.2 Å². The molecule has 6 nitrogen and oxygen atoms in total. The first-order chi connectivity index (χ1) is 13.0. The van der Waals surface area contributed by atoms with Crippen molar-refractivity contribution >= 4 is 37.5 Å². The van der Waals surface area contributed by atoms with Crippen LogP contribution in [0.3, 0.4) is 0 Å². The van der Waals surface area contributed by atoms with Crippen molar-refractivity contribution in [2.45, 2.75) is 24.3 Å². The van der Waals surface area contributed by atoms with Gasteiger partial charge < -0.3 is 5.32 Å². The summed E-state index contributed by atoms with van der Waals surface area (Å²) in [6.07, 6.45) is 1.75. The smallest absolute Gasteiger partial charge is 0.251 e. The number of para-hydroxylation sites is 1. The zero-order chi connectivity index (χ0) is 18.9. The summed E-state index contributed by atoms with van der Waals surface area (Å²) < 4.78 is 27.9. The van der Waals surface area contributed by atoms with Gasteiger partial charge in [0.25, 0.3) is 5.91 Å². The van der Waals surface area contributed by atoms with Crippen molar-refractivity contribution in [3.63, 3.8) is 0 Å². The van der Waals surface area contributed by atoms with Crippen LogP contribution >= 0.6 is 11.3 Å². The van der Waals surface area contributed by atoms with Gasteiger partial charge in [-0.3, -0.25) is 4.79 Å². The van der Waals surface area contributed by atoms with Crippen LogP contribution in [0.15, 0.2) is 53.4 Å². The molecule has 0 radical (unpaired) electrons. The lowest BCUT2D eigenvalue weighted by Crippen LogP contribution is -2.28. The molecule has 0 atom stereocenters. The first-order valence-electron chi connectivity index (χ1n) is 8.77. The van der Waals surface area contributed by atoms with E-state index in [9.17, 15) is 13.2 Å². The van der Waals surface area contributed by atoms with Gasteiger partial charge in [0.05, 0.1) is 21.7 Å². The first kappa shape index (κ1) is 18.1. The van der Waals surface area contributed by atoms with E-state index in [0.717, 1.165) is 28.1 Å². The summed E-state index contributed by atoms with van der Waals surface area (Å²) >= 11 is 1.53. The summed E-state index contributed by atoms with van der Waals surface area (Å²) in [5, 5.41) is 3.64. The molecule has 140 valence electrons. The third-order valence-corrected chi connectivity index (χ3v) is 7.47. The molecule has 2 heterocycles. The minimum absolute atomic E-state index is 0.164. The molecule has 0 saturated carbocycles. The van der Waals surface area contributed by atoms with Gasteiger partial charge in [-0.1, -0.05) is 18.2 Å². The minimum Gasteiger partial charge on any atom is -0.346 e. The molecule has 1 N–H and O–H groups in total. The van der Waals surface area contributed by atoms with E-state index in [2.05, 4.69) is 10.3 Å². The number of aromatic nitrogens is 1. The van der Waals surface area contributed by atoms with Crippen LogP contribution in [0.1, 0.15) is 28.2 Å². The standard InChI is InChI=1S/C19H19N3O3S2/c23-19(20-13-18-21-16-8-1-2-9-17(16)26-18)14-6-5-7-15(12-14)27(24,25)22-10-3-4-11-22/h1-2,5-9,12H,3-4,10-11,13H2,(H,20,23). The zero-order valence-electron chi connectivity index (χ0n) is 14.6. The SMILES string of the molecule is O=C(NCc1nc2ccccc2s1)c1cccc(S(=O)(=O)N2CCCC2)c1. The monoisotopic (exact) mass is 401 g/mol. The van der Waals surface area contributed by atoms with E-state index in [1.807, 2.05) is 24.3 Å². The van der Waals surface area contributed by atoms with E-state index >= 15 is 0 Å². The Morgan fingerprint density at radius 1 is 1.11 bits per heavy atom. The Labute approximate surface area is 161 Å². The van der Waals surface area contributed by atoms with Crippen LogP contribution in [-0.4, -0.2) is 36.7 Å². The van der Waals surface area contributed by atoms with E-state index < -0.39 is 10.0 Å². The second-order valence-corrected chi connectivity index (χ2v) is 9.45. The highest BCUT2D eigenvalue weighted by Crippen LogP contribution is 2.23. The highest BCUT2D eigenvalue weighted by molar-refractivity contribution is 7.89. The second kappa shape index (κ2) is 7.38. The number of nitrogens with one attached hydrogen (secondary N) is 1. The molecule has 1 fully saturated rings. The molecule has 0 spiro atoms. The van der Waals surface area contributed by atoms with Crippen LogP contribution in [0.25, 0.3) is 10.2 Å². The number of carbonyl (C=O) groups is 1. The summed E-state index contributed by atoms with van der Waals surface area (Å²) in [5.41, 5.74) is 1.24. The number of hydrogen-bond acceptors (Lipinski definition) is 5. The van der Waals surface area contributed by atoms with Gasteiger partial charge >= 0.3 is 0 Å². The van der Waals surface area contributed by atoms with Crippen molar-refractivity contribution in [1.82, 2.24) is 14.6 Å². The summed E-state index contributed by atoms with van der Waals surface area (Å²) in [5.74, 6) is -0.312. The van der Waals surface area contributed by atoms with Crippen molar-refractivity contribution in [2.75, 3.05) is 13.1 Å². The fourth-order valence-corrected chi connectivity index (χ4v) is 5.60. The van der Waals surface area contributed by atoms with Crippen LogP contribution in [0.2, 0.25) is 0 Å². The fraction of sp³-hybridized carbons (Fsp3) is 0.263. The third kappa shape index (κ3) is 3.73. The van der Waals surface area contributed by atoms with E-state index in [1.165, 1.54) is 27.8 Å². The van der Waals surface area contributed by atoms with Gasteiger partial charge in [-0.2, -0.15) is 4.31 Å². The normalized spacial score (nSPS) is 15.3. The van der Waals surface area contributed by atoms with E-state index in [4.69, 9.17) is 0 Å². The number of rotatable bonds is 5. The van der Waals surface area contributed by atoms with Crippen LogP contribution in [0, 0.1) is 0 Å². The third-order valence-electron chi connectivity index (χ3n) is 4.54. The zero-order valence-corrected chi connectivity index (χ0v) is 16.2. The largest absolute Gasteiger partial charge is 0.346 e. The van der Waals surface area contributed by atoms with Gasteiger partial charge in [0.15, 0.2) is 0 Å². The molecule has 4 rings (SSSR count). The van der Waals surface area contributed by atoms with Crippen LogP contribution < -0.4 is 5.32 Å². The second-order valence-electron chi connectivity index (χ2n) is 6.40.